The summed E-state index contributed by atoms with van der Waals surface area (Å²) in [4.78, 5) is 10.1. The van der Waals surface area contributed by atoms with Gasteiger partial charge in [-0.25, -0.2) is 15.5 Å². The molecule has 0 spiro atoms. The van der Waals surface area contributed by atoms with Crippen molar-refractivity contribution in [3.8, 4) is 17.2 Å². The van der Waals surface area contributed by atoms with Crippen molar-refractivity contribution in [3.05, 3.63) is 27.8 Å². The van der Waals surface area contributed by atoms with E-state index in [1.807, 2.05) is 0 Å². The van der Waals surface area contributed by atoms with Crippen LogP contribution in [-0.2, 0) is 0 Å². The highest BCUT2D eigenvalue weighted by molar-refractivity contribution is 5.86. The fourth-order valence-corrected chi connectivity index (χ4v) is 1.43. The van der Waals surface area contributed by atoms with Crippen LogP contribution in [0.15, 0.2) is 22.3 Å². The van der Waals surface area contributed by atoms with E-state index < -0.39 is 11.0 Å². The van der Waals surface area contributed by atoms with Gasteiger partial charge in [0.1, 0.15) is 10.9 Å². The van der Waals surface area contributed by atoms with E-state index >= 15 is 0 Å². The Labute approximate surface area is 120 Å². The van der Waals surface area contributed by atoms with Crippen LogP contribution >= 0.6 is 0 Å². The van der Waals surface area contributed by atoms with Crippen LogP contribution in [0, 0.1) is 10.1 Å². The molecule has 1 aromatic rings. The zero-order valence-corrected chi connectivity index (χ0v) is 11.7. The van der Waals surface area contributed by atoms with E-state index in [1.165, 1.54) is 27.5 Å². The van der Waals surface area contributed by atoms with Gasteiger partial charge < -0.3 is 19.9 Å². The first-order valence-electron chi connectivity index (χ1n) is 5.59. The lowest BCUT2D eigenvalue weighted by atomic mass is 10.2. The number of nitrogens with two attached hydrogens (primary N) is 1. The fraction of sp³-hybridized carbons (Fsp3) is 0.273. The number of guanidine groups is 1. The molecular formula is C11H15N5O5. The van der Waals surface area contributed by atoms with Crippen molar-refractivity contribution in [1.29, 1.82) is 0 Å². The van der Waals surface area contributed by atoms with Crippen molar-refractivity contribution < 1.29 is 19.2 Å². The van der Waals surface area contributed by atoms with Gasteiger partial charge in [-0.15, -0.1) is 0 Å². The average molecular weight is 297 g/mol. The Bertz CT molecular complexity index is 572. The van der Waals surface area contributed by atoms with Crippen LogP contribution < -0.4 is 25.4 Å². The molecule has 0 radical (unpaired) electrons. The Balaban J connectivity index is 2.99. The van der Waals surface area contributed by atoms with Gasteiger partial charge in [-0.3, -0.25) is 0 Å². The predicted octanol–water partition coefficient (Wildman–Crippen LogP) is 0.142. The molecule has 0 aliphatic carbocycles. The molecule has 1 aromatic carbocycles. The van der Waals surface area contributed by atoms with Crippen molar-refractivity contribution in [2.75, 3.05) is 21.3 Å². The van der Waals surface area contributed by atoms with Crippen molar-refractivity contribution in [1.82, 2.24) is 5.43 Å². The first-order valence-corrected chi connectivity index (χ1v) is 5.59. The number of ether oxygens (including phenoxy) is 3. The van der Waals surface area contributed by atoms with Gasteiger partial charge in [-0.05, 0) is 6.07 Å². The van der Waals surface area contributed by atoms with E-state index in [9.17, 15) is 10.1 Å². The van der Waals surface area contributed by atoms with Crippen LogP contribution in [0.2, 0.25) is 0 Å². The SMILES string of the molecule is COc1cc(OC)c(OC)cc1/C=N\N/C(N)=N\[N+](=O)[O-]. The second-order valence-electron chi connectivity index (χ2n) is 3.54. The van der Waals surface area contributed by atoms with Gasteiger partial charge in [-0.1, -0.05) is 0 Å². The molecule has 0 heterocycles. The highest BCUT2D eigenvalue weighted by Crippen LogP contribution is 2.33. The highest BCUT2D eigenvalue weighted by Gasteiger charge is 2.10. The van der Waals surface area contributed by atoms with Gasteiger partial charge >= 0.3 is 0 Å². The molecule has 3 N–H and O–H groups in total. The Hall–Kier alpha value is -3.04. The molecule has 0 aliphatic rings. The quantitative estimate of drug-likeness (QED) is 0.330. The predicted molar refractivity (Wildman–Crippen MR) is 75.4 cm³/mol. The van der Waals surface area contributed by atoms with Gasteiger partial charge in [0.15, 0.2) is 16.5 Å². The first kappa shape index (κ1) is 16.0. The minimum atomic E-state index is -0.936. The Kier molecular flexibility index (Phi) is 5.74. The lowest BCUT2D eigenvalue weighted by molar-refractivity contribution is -0.485. The molecule has 0 fully saturated rings. The molecule has 0 unspecified atom stereocenters. The van der Waals surface area contributed by atoms with Crippen LogP contribution in [0.5, 0.6) is 17.2 Å². The molecule has 10 heteroatoms. The van der Waals surface area contributed by atoms with Crippen molar-refractivity contribution in [2.24, 2.45) is 15.9 Å². The molecule has 114 valence electrons. The summed E-state index contributed by atoms with van der Waals surface area (Å²) in [5.74, 6) is 0.999. The number of rotatable bonds is 6. The summed E-state index contributed by atoms with van der Waals surface area (Å²) >= 11 is 0. The third kappa shape index (κ3) is 4.53. The Morgan fingerprint density at radius 2 is 1.81 bits per heavy atom. The van der Waals surface area contributed by atoms with E-state index in [4.69, 9.17) is 19.9 Å². The Morgan fingerprint density at radius 3 is 2.33 bits per heavy atom. The molecule has 0 saturated heterocycles. The van der Waals surface area contributed by atoms with Crippen LogP contribution in [-0.4, -0.2) is 38.5 Å². The van der Waals surface area contributed by atoms with Gasteiger partial charge in [0.2, 0.25) is 0 Å². The summed E-state index contributed by atoms with van der Waals surface area (Å²) in [5, 5.41) is 15.7. The molecular weight excluding hydrogens is 282 g/mol. The van der Waals surface area contributed by atoms with Crippen LogP contribution in [0.4, 0.5) is 0 Å². The minimum absolute atomic E-state index is 0.448. The molecule has 0 aromatic heterocycles. The van der Waals surface area contributed by atoms with E-state index in [-0.39, 0.29) is 0 Å². The summed E-state index contributed by atoms with van der Waals surface area (Å²) in [6.07, 6.45) is 1.35. The summed E-state index contributed by atoms with van der Waals surface area (Å²) in [5.41, 5.74) is 7.98. The van der Waals surface area contributed by atoms with Crippen molar-refractivity contribution >= 4 is 12.2 Å². The number of hydrogen-bond acceptors (Lipinski definition) is 6. The maximum absolute atomic E-state index is 10.1. The van der Waals surface area contributed by atoms with Gasteiger partial charge in [0.05, 0.1) is 27.5 Å². The Morgan fingerprint density at radius 1 is 1.24 bits per heavy atom. The molecule has 1 rings (SSSR count). The zero-order valence-electron chi connectivity index (χ0n) is 11.7. The average Bonchev–Trinajstić information content (AvgIpc) is 2.45. The number of nitrogens with zero attached hydrogens (tertiary/aromatic N) is 3. The normalized spacial score (nSPS) is 11.3. The molecule has 10 nitrogen and oxygen atoms in total. The van der Waals surface area contributed by atoms with Crippen LogP contribution in [0.3, 0.4) is 0 Å². The standard InChI is InChI=1S/C11H15N5O5/c1-19-8-5-10(21-3)9(20-2)4-7(8)6-13-14-11(12)15-16(17)18/h4-6H,1-3H3,(H3,12,14,15)/b13-6-. The molecule has 21 heavy (non-hydrogen) atoms. The van der Waals surface area contributed by atoms with Crippen LogP contribution in [0.1, 0.15) is 5.56 Å². The van der Waals surface area contributed by atoms with Gasteiger partial charge in [0, 0.05) is 11.6 Å². The number of hydrazone groups is 2. The van der Waals surface area contributed by atoms with E-state index in [0.29, 0.717) is 22.8 Å². The fourth-order valence-electron chi connectivity index (χ4n) is 1.43. The summed E-state index contributed by atoms with van der Waals surface area (Å²) in [6.45, 7) is 0. The lowest BCUT2D eigenvalue weighted by Crippen LogP contribution is -2.28. The second kappa shape index (κ2) is 7.53. The first-order chi connectivity index (χ1) is 10.0. The summed E-state index contributed by atoms with van der Waals surface area (Å²) in [6, 6.07) is 3.25. The monoisotopic (exact) mass is 297 g/mol. The van der Waals surface area contributed by atoms with Crippen molar-refractivity contribution in [2.45, 2.75) is 0 Å². The molecule has 0 atom stereocenters. The largest absolute Gasteiger partial charge is 0.496 e. The third-order valence-corrected chi connectivity index (χ3v) is 2.31. The third-order valence-electron chi connectivity index (χ3n) is 2.31. The molecule has 0 saturated carbocycles. The molecule has 0 amide bonds. The molecule has 0 bridgehead atoms. The second-order valence-corrected chi connectivity index (χ2v) is 3.54. The van der Waals surface area contributed by atoms with Gasteiger partial charge in [-0.2, -0.15) is 5.10 Å². The minimum Gasteiger partial charge on any atom is -0.496 e. The van der Waals surface area contributed by atoms with Crippen molar-refractivity contribution in [3.63, 3.8) is 0 Å². The maximum Gasteiger partial charge on any atom is 0.286 e. The highest BCUT2D eigenvalue weighted by atomic mass is 16.7. The van der Waals surface area contributed by atoms with E-state index in [1.54, 1.807) is 12.1 Å². The van der Waals surface area contributed by atoms with E-state index in [2.05, 4.69) is 15.6 Å². The lowest BCUT2D eigenvalue weighted by Gasteiger charge is -2.11. The summed E-state index contributed by atoms with van der Waals surface area (Å²) < 4.78 is 15.5. The van der Waals surface area contributed by atoms with Gasteiger partial charge in [0.25, 0.3) is 5.96 Å². The van der Waals surface area contributed by atoms with Crippen LogP contribution in [0.25, 0.3) is 0 Å². The maximum atomic E-state index is 10.1. The topological polar surface area (TPSA) is 134 Å². The zero-order chi connectivity index (χ0) is 15.8. The number of nitrogens with one attached hydrogen (secondary N) is 1. The van der Waals surface area contributed by atoms with E-state index in [0.717, 1.165) is 0 Å². The number of nitro groups is 1. The number of methoxy groups -OCH3 is 3. The summed E-state index contributed by atoms with van der Waals surface area (Å²) in [7, 11) is 4.47. The molecule has 0 aliphatic heterocycles. The number of benzene rings is 1. The number of hydrogen-bond donors (Lipinski definition) is 2. The smallest absolute Gasteiger partial charge is 0.286 e.